The molecule has 3 heterocycles. The molecular formula is C19H17N3O4. The van der Waals surface area contributed by atoms with Crippen molar-refractivity contribution in [1.29, 1.82) is 0 Å². The number of aromatic amines is 1. The van der Waals surface area contributed by atoms with Crippen molar-refractivity contribution in [2.75, 3.05) is 0 Å². The largest absolute Gasteiger partial charge is 0.419 e. The highest BCUT2D eigenvalue weighted by Crippen LogP contribution is 2.27. The Morgan fingerprint density at radius 2 is 2.04 bits per heavy atom. The molecule has 7 heteroatoms. The van der Waals surface area contributed by atoms with Crippen LogP contribution in [0.5, 0.6) is 0 Å². The summed E-state index contributed by atoms with van der Waals surface area (Å²) in [7, 11) is 0. The number of Topliss-reactive ketones (excluding diaryl/α,β-unsaturated/α-hetero) is 1. The molecule has 2 N–H and O–H groups in total. The molecule has 0 aliphatic carbocycles. The minimum Gasteiger partial charge on any atom is -0.372 e. The van der Waals surface area contributed by atoms with Crippen LogP contribution in [0.2, 0.25) is 0 Å². The van der Waals surface area contributed by atoms with Gasteiger partial charge in [0.2, 0.25) is 5.78 Å². The molecule has 7 nitrogen and oxygen atoms in total. The van der Waals surface area contributed by atoms with Crippen LogP contribution in [-0.4, -0.2) is 21.8 Å². The molecule has 2 aliphatic heterocycles. The van der Waals surface area contributed by atoms with Crippen LogP contribution in [0.15, 0.2) is 68.0 Å². The van der Waals surface area contributed by atoms with Crippen LogP contribution in [0, 0.1) is 5.92 Å². The number of nitrogens with one attached hydrogen (secondary N) is 2. The third-order valence-electron chi connectivity index (χ3n) is 4.60. The summed E-state index contributed by atoms with van der Waals surface area (Å²) in [5.41, 5.74) is 1.78. The fraction of sp³-hybridized carbons (Fsp3) is 0.211. The first-order valence-corrected chi connectivity index (χ1v) is 8.28. The molecule has 0 radical (unpaired) electrons. The van der Waals surface area contributed by atoms with Crippen LogP contribution in [0.25, 0.3) is 10.9 Å². The number of hydrogen-bond donors (Lipinski definition) is 2. The highest BCUT2D eigenvalue weighted by atomic mass is 16.4. The molecule has 0 saturated heterocycles. The van der Waals surface area contributed by atoms with Crippen molar-refractivity contribution >= 4 is 16.7 Å². The van der Waals surface area contributed by atoms with E-state index in [0.29, 0.717) is 11.1 Å². The normalized spacial score (nSPS) is 21.7. The second-order valence-corrected chi connectivity index (χ2v) is 6.45. The Morgan fingerprint density at radius 3 is 2.85 bits per heavy atom. The van der Waals surface area contributed by atoms with Crippen LogP contribution in [0.4, 0.5) is 0 Å². The Kier molecular flexibility index (Phi) is 3.64. The number of ketones is 1. The Morgan fingerprint density at radius 1 is 1.23 bits per heavy atom. The van der Waals surface area contributed by atoms with Gasteiger partial charge >= 0.3 is 11.4 Å². The summed E-state index contributed by atoms with van der Waals surface area (Å²) in [6.07, 6.45) is 7.40. The lowest BCUT2D eigenvalue weighted by molar-refractivity contribution is 0.0892. The summed E-state index contributed by atoms with van der Waals surface area (Å²) in [6.45, 7) is 3.99. The third kappa shape index (κ3) is 2.57. The zero-order valence-corrected chi connectivity index (χ0v) is 14.3. The standard InChI is InChI=1S/C19H17N3O4/c1-10-3-6-15-11(2)20-17(22(15)8-7-10)16(23)12-4-5-14-13(9-12)18(24)26-19(25)21-14/h3-10,17,20H,1-2H3,(H,21,25). The molecular weight excluding hydrogens is 334 g/mol. The molecule has 26 heavy (non-hydrogen) atoms. The number of fused-ring (bicyclic) bond motifs is 2. The lowest BCUT2D eigenvalue weighted by Gasteiger charge is -2.23. The van der Waals surface area contributed by atoms with E-state index in [9.17, 15) is 14.4 Å². The predicted octanol–water partition coefficient (Wildman–Crippen LogP) is 1.85. The van der Waals surface area contributed by atoms with Crippen molar-refractivity contribution in [1.82, 2.24) is 15.2 Å². The molecule has 132 valence electrons. The van der Waals surface area contributed by atoms with Gasteiger partial charge in [-0.1, -0.05) is 19.1 Å². The van der Waals surface area contributed by atoms with E-state index in [2.05, 4.69) is 27.7 Å². The molecule has 2 atom stereocenters. The minimum atomic E-state index is -0.820. The number of rotatable bonds is 2. The maximum atomic E-state index is 13.1. The Bertz CT molecular complexity index is 1120. The van der Waals surface area contributed by atoms with E-state index in [1.54, 1.807) is 6.07 Å². The van der Waals surface area contributed by atoms with Gasteiger partial charge in [0, 0.05) is 17.5 Å². The SMILES string of the molecule is CC1=C2C=CC(C)C=CN2C(C(=O)c2ccc3[nH]c(=O)oc(=O)c3c2)N1. The van der Waals surface area contributed by atoms with Crippen molar-refractivity contribution in [2.24, 2.45) is 5.92 Å². The van der Waals surface area contributed by atoms with Gasteiger partial charge in [-0.2, -0.15) is 0 Å². The number of H-pyrrole nitrogens is 1. The Balaban J connectivity index is 1.74. The predicted molar refractivity (Wildman–Crippen MR) is 96.3 cm³/mol. The van der Waals surface area contributed by atoms with E-state index in [4.69, 9.17) is 0 Å². The first-order valence-electron chi connectivity index (χ1n) is 8.28. The fourth-order valence-electron chi connectivity index (χ4n) is 3.19. The van der Waals surface area contributed by atoms with Gasteiger partial charge in [-0.05, 0) is 37.1 Å². The van der Waals surface area contributed by atoms with Gasteiger partial charge in [0.05, 0.1) is 16.6 Å². The number of nitrogens with zero attached hydrogens (tertiary/aromatic N) is 1. The van der Waals surface area contributed by atoms with Crippen molar-refractivity contribution in [2.45, 2.75) is 20.0 Å². The molecule has 4 rings (SSSR count). The molecule has 2 unspecified atom stereocenters. The lowest BCUT2D eigenvalue weighted by atomic mass is 10.1. The summed E-state index contributed by atoms with van der Waals surface area (Å²) in [5, 5.41) is 3.37. The summed E-state index contributed by atoms with van der Waals surface area (Å²) in [5.74, 6) is -0.725. The van der Waals surface area contributed by atoms with Gasteiger partial charge in [0.25, 0.3) is 0 Å². The number of allylic oxidation sites excluding steroid dienone is 4. The van der Waals surface area contributed by atoms with E-state index in [1.165, 1.54) is 12.1 Å². The second kappa shape index (κ2) is 5.87. The van der Waals surface area contributed by atoms with E-state index < -0.39 is 17.5 Å². The minimum absolute atomic E-state index is 0.165. The van der Waals surface area contributed by atoms with E-state index in [0.717, 1.165) is 11.4 Å². The molecule has 0 bridgehead atoms. The zero-order chi connectivity index (χ0) is 18.4. The Hall–Kier alpha value is -3.35. The van der Waals surface area contributed by atoms with Crippen molar-refractivity contribution < 1.29 is 9.21 Å². The average molecular weight is 351 g/mol. The highest BCUT2D eigenvalue weighted by molar-refractivity contribution is 6.03. The molecule has 0 amide bonds. The number of carbonyl (C=O) groups excluding carboxylic acids is 1. The zero-order valence-electron chi connectivity index (χ0n) is 14.3. The average Bonchev–Trinajstić information content (AvgIpc) is 2.78. The first kappa shape index (κ1) is 16.1. The molecule has 2 aromatic rings. The maximum Gasteiger partial charge on any atom is 0.419 e. The van der Waals surface area contributed by atoms with Crippen LogP contribution >= 0.6 is 0 Å². The van der Waals surface area contributed by atoms with Gasteiger partial charge in [0.1, 0.15) is 0 Å². The van der Waals surface area contributed by atoms with E-state index in [-0.39, 0.29) is 17.1 Å². The third-order valence-corrected chi connectivity index (χ3v) is 4.60. The molecule has 0 fully saturated rings. The van der Waals surface area contributed by atoms with Crippen LogP contribution < -0.4 is 16.7 Å². The van der Waals surface area contributed by atoms with Gasteiger partial charge < -0.3 is 14.6 Å². The molecule has 1 aromatic carbocycles. The summed E-state index contributed by atoms with van der Waals surface area (Å²) in [4.78, 5) is 40.6. The van der Waals surface area contributed by atoms with Crippen molar-refractivity contribution in [3.8, 4) is 0 Å². The number of carbonyl (C=O) groups is 1. The van der Waals surface area contributed by atoms with Gasteiger partial charge in [-0.15, -0.1) is 0 Å². The summed E-state index contributed by atoms with van der Waals surface area (Å²) in [6, 6.07) is 4.58. The molecule has 2 aliphatic rings. The van der Waals surface area contributed by atoms with E-state index >= 15 is 0 Å². The summed E-state index contributed by atoms with van der Waals surface area (Å²) >= 11 is 0. The number of hydrogen-bond acceptors (Lipinski definition) is 6. The van der Waals surface area contributed by atoms with Crippen LogP contribution in [0.1, 0.15) is 24.2 Å². The van der Waals surface area contributed by atoms with E-state index in [1.807, 2.05) is 30.2 Å². The first-order chi connectivity index (χ1) is 12.4. The Labute approximate surface area is 148 Å². The van der Waals surface area contributed by atoms with Gasteiger partial charge in [-0.25, -0.2) is 9.59 Å². The van der Waals surface area contributed by atoms with Crippen LogP contribution in [-0.2, 0) is 0 Å². The maximum absolute atomic E-state index is 13.1. The quantitative estimate of drug-likeness (QED) is 0.802. The number of benzene rings is 1. The van der Waals surface area contributed by atoms with Crippen molar-refractivity contribution in [3.05, 3.63) is 80.6 Å². The van der Waals surface area contributed by atoms with Crippen LogP contribution in [0.3, 0.4) is 0 Å². The second-order valence-electron chi connectivity index (χ2n) is 6.45. The number of aromatic nitrogens is 1. The van der Waals surface area contributed by atoms with Crippen molar-refractivity contribution in [3.63, 3.8) is 0 Å². The van der Waals surface area contributed by atoms with Gasteiger partial charge in [-0.3, -0.25) is 9.78 Å². The fourth-order valence-corrected chi connectivity index (χ4v) is 3.19. The monoisotopic (exact) mass is 351 g/mol. The van der Waals surface area contributed by atoms with Gasteiger partial charge in [0.15, 0.2) is 6.17 Å². The smallest absolute Gasteiger partial charge is 0.372 e. The molecule has 0 spiro atoms. The molecule has 0 saturated carbocycles. The highest BCUT2D eigenvalue weighted by Gasteiger charge is 2.33. The topological polar surface area (TPSA) is 95.4 Å². The lowest BCUT2D eigenvalue weighted by Crippen LogP contribution is -2.41. The summed E-state index contributed by atoms with van der Waals surface area (Å²) < 4.78 is 4.55. The molecule has 1 aromatic heterocycles.